The van der Waals surface area contributed by atoms with Crippen molar-refractivity contribution in [1.82, 2.24) is 10.2 Å². The minimum absolute atomic E-state index is 0. The molecule has 3 nitrogen and oxygen atoms in total. The van der Waals surface area contributed by atoms with E-state index in [1.807, 2.05) is 11.9 Å². The van der Waals surface area contributed by atoms with E-state index in [-0.39, 0.29) is 18.3 Å². The summed E-state index contributed by atoms with van der Waals surface area (Å²) < 4.78 is 0. The highest BCUT2D eigenvalue weighted by Gasteiger charge is 2.28. The van der Waals surface area contributed by atoms with Crippen LogP contribution in [0.15, 0.2) is 0 Å². The van der Waals surface area contributed by atoms with Gasteiger partial charge in [-0.1, -0.05) is 19.3 Å². The largest absolute Gasteiger partial charge is 0.345 e. The number of nitrogens with zero attached hydrogens (tertiary/aromatic N) is 1. The number of hydrogen-bond acceptors (Lipinski definition) is 2. The number of rotatable bonds is 3. The van der Waals surface area contributed by atoms with E-state index >= 15 is 0 Å². The van der Waals surface area contributed by atoms with Crippen LogP contribution in [0.25, 0.3) is 0 Å². The van der Waals surface area contributed by atoms with E-state index in [0.29, 0.717) is 5.91 Å². The summed E-state index contributed by atoms with van der Waals surface area (Å²) in [5.74, 6) is 1.37. The molecule has 4 heteroatoms. The zero-order valence-corrected chi connectivity index (χ0v) is 10.9. The van der Waals surface area contributed by atoms with Crippen molar-refractivity contribution < 1.29 is 4.79 Å². The van der Waals surface area contributed by atoms with Crippen LogP contribution in [0.4, 0.5) is 0 Å². The summed E-state index contributed by atoms with van der Waals surface area (Å²) in [5.41, 5.74) is 0. The van der Waals surface area contributed by atoms with Gasteiger partial charge in [0.25, 0.3) is 0 Å². The van der Waals surface area contributed by atoms with Crippen molar-refractivity contribution in [3.63, 3.8) is 0 Å². The monoisotopic (exact) mass is 246 g/mol. The van der Waals surface area contributed by atoms with E-state index in [1.165, 1.54) is 32.1 Å². The molecule has 1 aliphatic carbocycles. The number of nitrogens with one attached hydrogen (secondary N) is 1. The number of hydrogen-bond donors (Lipinski definition) is 1. The Kier molecular flexibility index (Phi) is 5.56. The molecule has 0 bridgehead atoms. The van der Waals surface area contributed by atoms with Gasteiger partial charge in [0.1, 0.15) is 0 Å². The summed E-state index contributed by atoms with van der Waals surface area (Å²) >= 11 is 0. The first-order chi connectivity index (χ1) is 7.27. The Morgan fingerprint density at radius 1 is 1.25 bits per heavy atom. The van der Waals surface area contributed by atoms with Crippen LogP contribution in [-0.2, 0) is 4.79 Å². The molecule has 1 aliphatic heterocycles. The van der Waals surface area contributed by atoms with Gasteiger partial charge in [0.2, 0.25) is 5.91 Å². The van der Waals surface area contributed by atoms with Crippen molar-refractivity contribution in [2.75, 3.05) is 26.7 Å². The molecule has 1 saturated carbocycles. The van der Waals surface area contributed by atoms with Gasteiger partial charge in [-0.25, -0.2) is 0 Å². The van der Waals surface area contributed by atoms with Gasteiger partial charge in [-0.2, -0.15) is 0 Å². The maximum atomic E-state index is 11.9. The summed E-state index contributed by atoms with van der Waals surface area (Å²) in [6, 6.07) is 0. The van der Waals surface area contributed by atoms with Crippen LogP contribution in [0, 0.1) is 11.8 Å². The van der Waals surface area contributed by atoms with E-state index in [2.05, 4.69) is 5.32 Å². The molecule has 0 radical (unpaired) electrons. The first kappa shape index (κ1) is 13.8. The second kappa shape index (κ2) is 6.45. The Labute approximate surface area is 104 Å². The Morgan fingerprint density at radius 2 is 1.88 bits per heavy atom. The summed E-state index contributed by atoms with van der Waals surface area (Å²) in [6.07, 6.45) is 6.75. The topological polar surface area (TPSA) is 32.3 Å². The fourth-order valence-electron chi connectivity index (χ4n) is 2.62. The van der Waals surface area contributed by atoms with Crippen LogP contribution in [0.5, 0.6) is 0 Å². The Hall–Kier alpha value is -0.280. The van der Waals surface area contributed by atoms with E-state index in [9.17, 15) is 4.79 Å². The number of halogens is 1. The molecule has 2 aliphatic rings. The third kappa shape index (κ3) is 3.36. The van der Waals surface area contributed by atoms with Crippen molar-refractivity contribution in [3.8, 4) is 0 Å². The predicted octanol–water partition coefficient (Wildman–Crippen LogP) is 1.67. The van der Waals surface area contributed by atoms with Gasteiger partial charge in [-0.05, 0) is 18.8 Å². The number of amides is 1. The highest BCUT2D eigenvalue weighted by Crippen LogP contribution is 2.24. The second-order valence-corrected chi connectivity index (χ2v) is 5.08. The van der Waals surface area contributed by atoms with Crippen molar-refractivity contribution in [2.45, 2.75) is 32.1 Å². The van der Waals surface area contributed by atoms with Crippen LogP contribution in [0.2, 0.25) is 0 Å². The Balaban J connectivity index is 0.00000128. The lowest BCUT2D eigenvalue weighted by Gasteiger charge is -2.33. The highest BCUT2D eigenvalue weighted by molar-refractivity contribution is 5.85. The summed E-state index contributed by atoms with van der Waals surface area (Å²) in [6.45, 7) is 2.75. The van der Waals surface area contributed by atoms with Gasteiger partial charge >= 0.3 is 0 Å². The zero-order chi connectivity index (χ0) is 10.7. The van der Waals surface area contributed by atoms with Crippen molar-refractivity contribution in [2.24, 2.45) is 11.8 Å². The van der Waals surface area contributed by atoms with Crippen molar-refractivity contribution in [3.05, 3.63) is 0 Å². The van der Waals surface area contributed by atoms with E-state index in [1.54, 1.807) is 0 Å². The molecule has 2 fully saturated rings. The van der Waals surface area contributed by atoms with Crippen molar-refractivity contribution in [1.29, 1.82) is 0 Å². The molecule has 0 unspecified atom stereocenters. The summed E-state index contributed by atoms with van der Waals surface area (Å²) in [4.78, 5) is 13.8. The molecule has 0 aromatic rings. The molecule has 1 amide bonds. The van der Waals surface area contributed by atoms with Gasteiger partial charge in [0.05, 0.1) is 5.92 Å². The molecule has 0 atom stereocenters. The smallest absolute Gasteiger partial charge is 0.228 e. The fraction of sp³-hybridized carbons (Fsp3) is 0.917. The average Bonchev–Trinajstić information content (AvgIpc) is 2.16. The highest BCUT2D eigenvalue weighted by atomic mass is 35.5. The van der Waals surface area contributed by atoms with Crippen LogP contribution >= 0.6 is 12.4 Å². The quantitative estimate of drug-likeness (QED) is 0.822. The van der Waals surface area contributed by atoms with Crippen molar-refractivity contribution >= 4 is 18.3 Å². The maximum absolute atomic E-state index is 11.9. The molecule has 2 rings (SSSR count). The van der Waals surface area contributed by atoms with Gasteiger partial charge < -0.3 is 10.2 Å². The SMILES string of the molecule is CN(CC1CCCCC1)C(=O)C1CNC1.Cl. The first-order valence-corrected chi connectivity index (χ1v) is 6.23. The number of carbonyl (C=O) groups excluding carboxylic acids is 1. The van der Waals surface area contributed by atoms with E-state index in [4.69, 9.17) is 0 Å². The minimum Gasteiger partial charge on any atom is -0.345 e. The van der Waals surface area contributed by atoms with Crippen LogP contribution in [-0.4, -0.2) is 37.5 Å². The molecule has 94 valence electrons. The normalized spacial score (nSPS) is 22.1. The fourth-order valence-corrected chi connectivity index (χ4v) is 2.62. The Morgan fingerprint density at radius 3 is 2.38 bits per heavy atom. The molecule has 0 spiro atoms. The van der Waals surface area contributed by atoms with Crippen LogP contribution in [0.1, 0.15) is 32.1 Å². The summed E-state index contributed by atoms with van der Waals surface area (Å²) in [5, 5.41) is 3.15. The van der Waals surface area contributed by atoms with E-state index < -0.39 is 0 Å². The summed E-state index contributed by atoms with van der Waals surface area (Å²) in [7, 11) is 1.97. The van der Waals surface area contributed by atoms with Gasteiger partial charge in [-0.15, -0.1) is 12.4 Å². The number of carbonyl (C=O) groups is 1. The molecule has 0 aromatic heterocycles. The average molecular weight is 247 g/mol. The van der Waals surface area contributed by atoms with Crippen LogP contribution in [0.3, 0.4) is 0 Å². The minimum atomic E-state index is 0. The molecule has 1 saturated heterocycles. The predicted molar refractivity (Wildman–Crippen MR) is 67.8 cm³/mol. The third-order valence-corrected chi connectivity index (χ3v) is 3.76. The second-order valence-electron chi connectivity index (χ2n) is 5.08. The van der Waals surface area contributed by atoms with Gasteiger partial charge in [0.15, 0.2) is 0 Å². The molecule has 1 heterocycles. The zero-order valence-electron chi connectivity index (χ0n) is 10.1. The standard InChI is InChI=1S/C12H22N2O.ClH/c1-14(12(15)11-7-13-8-11)9-10-5-3-2-4-6-10;/h10-11,13H,2-9H2,1H3;1H. The lowest BCUT2D eigenvalue weighted by molar-refractivity contribution is -0.136. The lowest BCUT2D eigenvalue weighted by atomic mass is 9.88. The van der Waals surface area contributed by atoms with E-state index in [0.717, 1.165) is 25.6 Å². The molecular formula is C12H23ClN2O. The van der Waals surface area contributed by atoms with Gasteiger partial charge in [0, 0.05) is 26.7 Å². The third-order valence-electron chi connectivity index (χ3n) is 3.76. The molecule has 16 heavy (non-hydrogen) atoms. The first-order valence-electron chi connectivity index (χ1n) is 6.23. The van der Waals surface area contributed by atoms with Gasteiger partial charge in [-0.3, -0.25) is 4.79 Å². The molecular weight excluding hydrogens is 224 g/mol. The van der Waals surface area contributed by atoms with Crippen LogP contribution < -0.4 is 5.32 Å². The maximum Gasteiger partial charge on any atom is 0.228 e. The molecule has 1 N–H and O–H groups in total. The molecule has 0 aromatic carbocycles. The lowest BCUT2D eigenvalue weighted by Crippen LogP contribution is -2.51. The Bertz CT molecular complexity index is 225.